The van der Waals surface area contributed by atoms with E-state index >= 15 is 0 Å². The highest BCUT2D eigenvalue weighted by Crippen LogP contribution is 2.21. The Bertz CT molecular complexity index is 552. The smallest absolute Gasteiger partial charge is 0.325 e. The van der Waals surface area contributed by atoms with E-state index in [0.29, 0.717) is 5.56 Å². The summed E-state index contributed by atoms with van der Waals surface area (Å²) in [5.74, 6) is -0.868. The van der Waals surface area contributed by atoms with Gasteiger partial charge in [0.2, 0.25) is 0 Å². The first kappa shape index (κ1) is 11.5. The summed E-state index contributed by atoms with van der Waals surface area (Å²) in [7, 11) is 3.49. The summed E-state index contributed by atoms with van der Waals surface area (Å²) in [4.78, 5) is 17.1. The first-order valence-electron chi connectivity index (χ1n) is 5.33. The fourth-order valence-corrected chi connectivity index (χ4v) is 1.90. The van der Waals surface area contributed by atoms with Crippen molar-refractivity contribution in [3.8, 4) is 0 Å². The molecule has 0 aliphatic carbocycles. The fourth-order valence-electron chi connectivity index (χ4n) is 1.90. The van der Waals surface area contributed by atoms with E-state index in [9.17, 15) is 9.90 Å². The van der Waals surface area contributed by atoms with E-state index in [1.165, 1.54) is 0 Å². The first-order chi connectivity index (χ1) is 8.09. The largest absolute Gasteiger partial charge is 0.480 e. The molecule has 2 aromatic rings. The number of carboxylic acids is 1. The molecule has 0 radical (unpaired) electrons. The van der Waals surface area contributed by atoms with Gasteiger partial charge in [0.15, 0.2) is 0 Å². The molecule has 1 aromatic carbocycles. The average molecular weight is 230 g/mol. The van der Waals surface area contributed by atoms with Crippen LogP contribution in [0.15, 0.2) is 36.5 Å². The van der Waals surface area contributed by atoms with Crippen LogP contribution >= 0.6 is 0 Å². The summed E-state index contributed by atoms with van der Waals surface area (Å²) < 4.78 is 0. The molecule has 0 saturated heterocycles. The second-order valence-corrected chi connectivity index (χ2v) is 4.17. The van der Waals surface area contributed by atoms with Gasteiger partial charge in [-0.25, -0.2) is 0 Å². The highest BCUT2D eigenvalue weighted by Gasteiger charge is 2.22. The zero-order chi connectivity index (χ0) is 12.4. The Morgan fingerprint density at radius 2 is 2.06 bits per heavy atom. The standard InChI is InChI=1S/C13H14N2O2/c1-15(2)12(13(16)17)10-7-9-5-3-4-6-11(9)14-8-10/h3-8,12H,1-2H3,(H,16,17). The second kappa shape index (κ2) is 4.51. The minimum atomic E-state index is -0.868. The number of carbonyl (C=O) groups is 1. The Morgan fingerprint density at radius 3 is 2.71 bits per heavy atom. The van der Waals surface area contributed by atoms with Gasteiger partial charge in [-0.05, 0) is 31.8 Å². The molecule has 0 aliphatic heterocycles. The minimum absolute atomic E-state index is 0.660. The van der Waals surface area contributed by atoms with E-state index < -0.39 is 12.0 Å². The lowest BCUT2D eigenvalue weighted by atomic mass is 10.1. The Kier molecular flexibility index (Phi) is 3.06. The third-order valence-corrected chi connectivity index (χ3v) is 2.68. The van der Waals surface area contributed by atoms with Crippen molar-refractivity contribution in [3.05, 3.63) is 42.1 Å². The van der Waals surface area contributed by atoms with Gasteiger partial charge in [-0.2, -0.15) is 0 Å². The van der Waals surface area contributed by atoms with Gasteiger partial charge in [0.05, 0.1) is 5.52 Å². The SMILES string of the molecule is CN(C)C(C(=O)O)c1cnc2ccccc2c1. The molecular weight excluding hydrogens is 216 g/mol. The highest BCUT2D eigenvalue weighted by atomic mass is 16.4. The van der Waals surface area contributed by atoms with Crippen molar-refractivity contribution >= 4 is 16.9 Å². The normalized spacial score (nSPS) is 12.9. The van der Waals surface area contributed by atoms with Crippen LogP contribution in [-0.4, -0.2) is 35.1 Å². The van der Waals surface area contributed by atoms with Crippen LogP contribution in [0.3, 0.4) is 0 Å². The predicted molar refractivity (Wildman–Crippen MR) is 65.8 cm³/mol. The quantitative estimate of drug-likeness (QED) is 0.875. The number of likely N-dealkylation sites (N-methyl/N-ethyl adjacent to an activating group) is 1. The number of fused-ring (bicyclic) bond motifs is 1. The fraction of sp³-hybridized carbons (Fsp3) is 0.231. The summed E-state index contributed by atoms with van der Waals surface area (Å²) >= 11 is 0. The summed E-state index contributed by atoms with van der Waals surface area (Å²) in [6, 6.07) is 8.88. The molecule has 0 bridgehead atoms. The number of hydrogen-bond donors (Lipinski definition) is 1. The maximum atomic E-state index is 11.2. The molecule has 17 heavy (non-hydrogen) atoms. The van der Waals surface area contributed by atoms with Crippen LogP contribution in [0.4, 0.5) is 0 Å². The molecule has 4 nitrogen and oxygen atoms in total. The Labute approximate surface area is 99.5 Å². The Morgan fingerprint density at radius 1 is 1.35 bits per heavy atom. The average Bonchev–Trinajstić information content (AvgIpc) is 2.28. The summed E-state index contributed by atoms with van der Waals surface area (Å²) in [5.41, 5.74) is 1.57. The number of aromatic nitrogens is 1. The molecule has 0 saturated carbocycles. The van der Waals surface area contributed by atoms with Crippen molar-refractivity contribution in [2.45, 2.75) is 6.04 Å². The van der Waals surface area contributed by atoms with Crippen molar-refractivity contribution in [3.63, 3.8) is 0 Å². The van der Waals surface area contributed by atoms with Gasteiger partial charge in [0.1, 0.15) is 6.04 Å². The van der Waals surface area contributed by atoms with Crippen molar-refractivity contribution in [1.82, 2.24) is 9.88 Å². The van der Waals surface area contributed by atoms with Crippen molar-refractivity contribution in [1.29, 1.82) is 0 Å². The number of carboxylic acid groups (broad SMARTS) is 1. The van der Waals surface area contributed by atoms with Crippen LogP contribution in [-0.2, 0) is 4.79 Å². The molecule has 1 N–H and O–H groups in total. The molecule has 1 aromatic heterocycles. The number of benzene rings is 1. The lowest BCUT2D eigenvalue weighted by Crippen LogP contribution is -2.27. The third kappa shape index (κ3) is 2.26. The van der Waals surface area contributed by atoms with Gasteiger partial charge in [0, 0.05) is 11.6 Å². The molecule has 1 atom stereocenters. The van der Waals surface area contributed by atoms with E-state index in [4.69, 9.17) is 0 Å². The first-order valence-corrected chi connectivity index (χ1v) is 5.33. The van der Waals surface area contributed by atoms with Crippen LogP contribution in [0.25, 0.3) is 10.9 Å². The lowest BCUT2D eigenvalue weighted by Gasteiger charge is -2.20. The van der Waals surface area contributed by atoms with Crippen molar-refractivity contribution in [2.24, 2.45) is 0 Å². The molecule has 1 unspecified atom stereocenters. The van der Waals surface area contributed by atoms with Gasteiger partial charge in [-0.1, -0.05) is 18.2 Å². The summed E-state index contributed by atoms with van der Waals surface area (Å²) in [6.45, 7) is 0. The molecule has 2 rings (SSSR count). The molecule has 0 spiro atoms. The van der Waals surface area contributed by atoms with Gasteiger partial charge in [-0.3, -0.25) is 14.7 Å². The molecule has 0 aliphatic rings. The van der Waals surface area contributed by atoms with Gasteiger partial charge in [0.25, 0.3) is 0 Å². The number of nitrogens with zero attached hydrogens (tertiary/aromatic N) is 2. The monoisotopic (exact) mass is 230 g/mol. The van der Waals surface area contributed by atoms with Crippen molar-refractivity contribution < 1.29 is 9.90 Å². The molecule has 4 heteroatoms. The van der Waals surface area contributed by atoms with Gasteiger partial charge >= 0.3 is 5.97 Å². The maximum absolute atomic E-state index is 11.2. The minimum Gasteiger partial charge on any atom is -0.480 e. The van der Waals surface area contributed by atoms with E-state index in [0.717, 1.165) is 10.9 Å². The topological polar surface area (TPSA) is 53.4 Å². The Balaban J connectivity index is 2.51. The van der Waals surface area contributed by atoms with Crippen LogP contribution < -0.4 is 0 Å². The van der Waals surface area contributed by atoms with E-state index in [-0.39, 0.29) is 0 Å². The van der Waals surface area contributed by atoms with Crippen LogP contribution in [0.2, 0.25) is 0 Å². The van der Waals surface area contributed by atoms with Crippen LogP contribution in [0, 0.1) is 0 Å². The number of hydrogen-bond acceptors (Lipinski definition) is 3. The summed E-state index contributed by atoms with van der Waals surface area (Å²) in [5, 5.41) is 10.2. The molecular formula is C13H14N2O2. The van der Waals surface area contributed by atoms with Crippen LogP contribution in [0.1, 0.15) is 11.6 Å². The maximum Gasteiger partial charge on any atom is 0.325 e. The second-order valence-electron chi connectivity index (χ2n) is 4.17. The van der Waals surface area contributed by atoms with Crippen LogP contribution in [0.5, 0.6) is 0 Å². The number of pyridine rings is 1. The molecule has 0 amide bonds. The predicted octanol–water partition coefficient (Wildman–Crippen LogP) is 1.92. The number of rotatable bonds is 3. The molecule has 1 heterocycles. The van der Waals surface area contributed by atoms with Crippen molar-refractivity contribution in [2.75, 3.05) is 14.1 Å². The third-order valence-electron chi connectivity index (χ3n) is 2.68. The zero-order valence-corrected chi connectivity index (χ0v) is 9.79. The van der Waals surface area contributed by atoms with E-state index in [2.05, 4.69) is 4.98 Å². The van der Waals surface area contributed by atoms with E-state index in [1.54, 1.807) is 25.2 Å². The molecule has 88 valence electrons. The Hall–Kier alpha value is -1.94. The molecule has 0 fully saturated rings. The highest BCUT2D eigenvalue weighted by molar-refractivity contribution is 5.82. The van der Waals surface area contributed by atoms with Gasteiger partial charge in [-0.15, -0.1) is 0 Å². The van der Waals surface area contributed by atoms with E-state index in [1.807, 2.05) is 30.3 Å². The number of aliphatic carboxylic acids is 1. The number of para-hydroxylation sites is 1. The lowest BCUT2D eigenvalue weighted by molar-refractivity contribution is -0.142. The van der Waals surface area contributed by atoms with Gasteiger partial charge < -0.3 is 5.11 Å². The zero-order valence-electron chi connectivity index (χ0n) is 9.79. The summed E-state index contributed by atoms with van der Waals surface area (Å²) in [6.07, 6.45) is 1.63.